The van der Waals surface area contributed by atoms with E-state index in [-0.39, 0.29) is 11.4 Å². The van der Waals surface area contributed by atoms with Crippen molar-refractivity contribution in [2.24, 2.45) is 0 Å². The number of hydrogen-bond donors (Lipinski definition) is 1. The molecule has 16 heavy (non-hydrogen) atoms. The van der Waals surface area contributed by atoms with Crippen molar-refractivity contribution in [3.05, 3.63) is 33.2 Å². The Morgan fingerprint density at radius 1 is 1.38 bits per heavy atom. The van der Waals surface area contributed by atoms with Crippen LogP contribution in [-0.2, 0) is 11.5 Å². The van der Waals surface area contributed by atoms with E-state index in [1.54, 1.807) is 0 Å². The second-order valence-electron chi connectivity index (χ2n) is 2.88. The van der Waals surface area contributed by atoms with Gasteiger partial charge in [0.05, 0.1) is 0 Å². The summed E-state index contributed by atoms with van der Waals surface area (Å²) in [4.78, 5) is 12.6. The van der Waals surface area contributed by atoms with E-state index < -0.39 is 35.0 Å². The molecule has 0 amide bonds. The minimum atomic E-state index is -4.85. The topological polar surface area (TPSA) is 32.9 Å². The van der Waals surface area contributed by atoms with Gasteiger partial charge in [0.25, 0.3) is 12.0 Å². The lowest BCUT2D eigenvalue weighted by molar-refractivity contribution is -0.141. The highest BCUT2D eigenvalue weighted by Crippen LogP contribution is 2.30. The summed E-state index contributed by atoms with van der Waals surface area (Å²) in [5.74, 6) is 0. The van der Waals surface area contributed by atoms with Crippen molar-refractivity contribution in [3.8, 4) is 0 Å². The van der Waals surface area contributed by atoms with Crippen LogP contribution in [0.3, 0.4) is 0 Å². The molecular formula is C8H5BrF5NO. The summed E-state index contributed by atoms with van der Waals surface area (Å²) in [7, 11) is 0. The normalized spacial score (nSPS) is 12.2. The minimum absolute atomic E-state index is 0.236. The molecule has 0 aliphatic rings. The molecule has 0 aromatic carbocycles. The molecule has 0 fully saturated rings. The van der Waals surface area contributed by atoms with E-state index >= 15 is 0 Å². The molecule has 8 heteroatoms. The minimum Gasteiger partial charge on any atom is -0.318 e. The maximum atomic E-state index is 12.4. The van der Waals surface area contributed by atoms with Crippen molar-refractivity contribution >= 4 is 15.9 Å². The van der Waals surface area contributed by atoms with E-state index in [2.05, 4.69) is 15.9 Å². The molecule has 0 spiro atoms. The zero-order chi connectivity index (χ0) is 12.5. The molecule has 1 aromatic heterocycles. The summed E-state index contributed by atoms with van der Waals surface area (Å²) in [6.45, 7) is 0. The molecule has 0 unspecified atom stereocenters. The Hall–Kier alpha value is -0.920. The molecule has 1 rings (SSSR count). The Morgan fingerprint density at radius 2 is 1.94 bits per heavy atom. The fourth-order valence-electron chi connectivity index (χ4n) is 1.09. The number of aromatic amines is 1. The van der Waals surface area contributed by atoms with Crippen LogP contribution in [0.2, 0.25) is 0 Å². The van der Waals surface area contributed by atoms with Gasteiger partial charge in [-0.1, -0.05) is 15.9 Å². The molecule has 0 saturated carbocycles. The summed E-state index contributed by atoms with van der Waals surface area (Å²) >= 11 is 2.77. The molecule has 90 valence electrons. The summed E-state index contributed by atoms with van der Waals surface area (Å²) in [6.07, 6.45) is -7.98. The lowest BCUT2D eigenvalue weighted by Crippen LogP contribution is -2.21. The number of rotatable bonds is 2. The average molecular weight is 306 g/mol. The van der Waals surface area contributed by atoms with Gasteiger partial charge in [-0.2, -0.15) is 13.2 Å². The van der Waals surface area contributed by atoms with Gasteiger partial charge < -0.3 is 4.98 Å². The number of aromatic nitrogens is 1. The number of pyridine rings is 1. The molecule has 1 N–H and O–H groups in total. The summed E-state index contributed by atoms with van der Waals surface area (Å²) in [6, 6.07) is 0.253. The van der Waals surface area contributed by atoms with Crippen LogP contribution in [0.1, 0.15) is 23.2 Å². The van der Waals surface area contributed by atoms with E-state index in [0.29, 0.717) is 0 Å². The molecule has 2 nitrogen and oxygen atoms in total. The number of halogens is 6. The largest absolute Gasteiger partial charge is 0.431 e. The van der Waals surface area contributed by atoms with Gasteiger partial charge in [0.1, 0.15) is 5.69 Å². The first-order valence-corrected chi connectivity index (χ1v) is 5.07. The Kier molecular flexibility index (Phi) is 3.72. The highest BCUT2D eigenvalue weighted by molar-refractivity contribution is 9.08. The summed E-state index contributed by atoms with van der Waals surface area (Å²) < 4.78 is 61.5. The zero-order valence-corrected chi connectivity index (χ0v) is 9.12. The molecule has 0 aliphatic heterocycles. The third kappa shape index (κ3) is 2.60. The van der Waals surface area contributed by atoms with E-state index in [1.165, 1.54) is 4.98 Å². The Morgan fingerprint density at radius 3 is 2.31 bits per heavy atom. The van der Waals surface area contributed by atoms with Gasteiger partial charge in [-0.15, -0.1) is 0 Å². The van der Waals surface area contributed by atoms with Gasteiger partial charge in [-0.05, 0) is 6.07 Å². The van der Waals surface area contributed by atoms with Gasteiger partial charge in [0, 0.05) is 16.5 Å². The SMILES string of the molecule is O=c1[nH]c(C(F)(F)F)cc(C(F)F)c1CBr. The Bertz CT molecular complexity index is 439. The van der Waals surface area contributed by atoms with Crippen LogP contribution in [0, 0.1) is 0 Å². The van der Waals surface area contributed by atoms with Crippen molar-refractivity contribution in [2.45, 2.75) is 17.9 Å². The predicted octanol–water partition coefficient (Wildman–Crippen LogP) is 3.23. The lowest BCUT2D eigenvalue weighted by Gasteiger charge is -2.10. The quantitative estimate of drug-likeness (QED) is 0.660. The molecule has 0 bridgehead atoms. The van der Waals surface area contributed by atoms with E-state index in [9.17, 15) is 26.7 Å². The first kappa shape index (κ1) is 13.1. The summed E-state index contributed by atoms with van der Waals surface area (Å²) in [5.41, 5.74) is -3.95. The van der Waals surface area contributed by atoms with Crippen LogP contribution in [0.25, 0.3) is 0 Å². The lowest BCUT2D eigenvalue weighted by atomic mass is 10.1. The van der Waals surface area contributed by atoms with E-state index in [0.717, 1.165) is 0 Å². The number of nitrogens with one attached hydrogen (secondary N) is 1. The fraction of sp³-hybridized carbons (Fsp3) is 0.375. The van der Waals surface area contributed by atoms with Crippen LogP contribution in [0.4, 0.5) is 22.0 Å². The first-order chi connectivity index (χ1) is 7.27. The van der Waals surface area contributed by atoms with Crippen LogP contribution in [0.5, 0.6) is 0 Å². The number of H-pyrrole nitrogens is 1. The van der Waals surface area contributed by atoms with Crippen molar-refractivity contribution in [2.75, 3.05) is 0 Å². The predicted molar refractivity (Wildman–Crippen MR) is 49.7 cm³/mol. The van der Waals surface area contributed by atoms with Crippen molar-refractivity contribution in [1.29, 1.82) is 0 Å². The van der Waals surface area contributed by atoms with E-state index in [1.807, 2.05) is 0 Å². The highest BCUT2D eigenvalue weighted by Gasteiger charge is 2.33. The molecule has 0 radical (unpaired) electrons. The maximum absolute atomic E-state index is 12.4. The monoisotopic (exact) mass is 305 g/mol. The van der Waals surface area contributed by atoms with Gasteiger partial charge in [0.15, 0.2) is 0 Å². The van der Waals surface area contributed by atoms with Gasteiger partial charge in [-0.3, -0.25) is 4.79 Å². The van der Waals surface area contributed by atoms with Gasteiger partial charge >= 0.3 is 6.18 Å². The van der Waals surface area contributed by atoms with Crippen LogP contribution in [0.15, 0.2) is 10.9 Å². The molecule has 0 aliphatic carbocycles. The molecule has 0 saturated heterocycles. The second kappa shape index (κ2) is 4.52. The molecule has 0 atom stereocenters. The second-order valence-corrected chi connectivity index (χ2v) is 3.44. The van der Waals surface area contributed by atoms with E-state index in [4.69, 9.17) is 0 Å². The standard InChI is InChI=1S/C8H5BrF5NO/c9-2-4-3(6(10)11)1-5(8(12,13)14)15-7(4)16/h1,6H,2H2,(H,15,16). The van der Waals surface area contributed by atoms with Crippen molar-refractivity contribution < 1.29 is 22.0 Å². The third-order valence-electron chi connectivity index (χ3n) is 1.84. The number of alkyl halides is 6. The first-order valence-electron chi connectivity index (χ1n) is 3.94. The summed E-state index contributed by atoms with van der Waals surface area (Å²) in [5, 5.41) is -0.236. The van der Waals surface area contributed by atoms with Crippen molar-refractivity contribution in [3.63, 3.8) is 0 Å². The molecule has 1 aromatic rings. The zero-order valence-electron chi connectivity index (χ0n) is 7.54. The van der Waals surface area contributed by atoms with Crippen molar-refractivity contribution in [1.82, 2.24) is 4.98 Å². The third-order valence-corrected chi connectivity index (χ3v) is 2.41. The average Bonchev–Trinajstić information content (AvgIpc) is 2.14. The maximum Gasteiger partial charge on any atom is 0.431 e. The van der Waals surface area contributed by atoms with Gasteiger partial charge in [0.2, 0.25) is 0 Å². The smallest absolute Gasteiger partial charge is 0.318 e. The van der Waals surface area contributed by atoms with Crippen LogP contribution >= 0.6 is 15.9 Å². The van der Waals surface area contributed by atoms with Gasteiger partial charge in [-0.25, -0.2) is 8.78 Å². The Labute approximate surface area is 94.6 Å². The Balaban J connectivity index is 3.46. The molecule has 1 heterocycles. The fourth-order valence-corrected chi connectivity index (χ4v) is 1.67. The van der Waals surface area contributed by atoms with Crippen LogP contribution in [-0.4, -0.2) is 4.98 Å². The highest BCUT2D eigenvalue weighted by atomic mass is 79.9. The number of hydrogen-bond acceptors (Lipinski definition) is 1. The van der Waals surface area contributed by atoms with Crippen LogP contribution < -0.4 is 5.56 Å². The molecular weight excluding hydrogens is 301 g/mol.